The van der Waals surface area contributed by atoms with E-state index in [0.717, 1.165) is 5.69 Å². The lowest BCUT2D eigenvalue weighted by atomic mass is 10.2. The maximum atomic E-state index is 5.86. The van der Waals surface area contributed by atoms with Crippen LogP contribution in [0.15, 0.2) is 18.3 Å². The number of aromatic nitrogens is 1. The van der Waals surface area contributed by atoms with Crippen LogP contribution in [-0.4, -0.2) is 4.98 Å². The normalized spacial score (nSPS) is 10.4. The van der Waals surface area contributed by atoms with Crippen LogP contribution in [0, 0.1) is 0 Å². The largest absolute Gasteiger partial charge is 0.259 e. The van der Waals surface area contributed by atoms with E-state index in [1.54, 1.807) is 0 Å². The third-order valence-electron chi connectivity index (χ3n) is 2.48. The van der Waals surface area contributed by atoms with Crippen molar-refractivity contribution in [1.82, 2.24) is 4.98 Å². The molecule has 2 aromatic heterocycles. The van der Waals surface area contributed by atoms with Crippen LogP contribution in [-0.2, 0) is 12.3 Å². The first-order valence-corrected chi connectivity index (χ1v) is 6.62. The molecule has 1 nitrogen and oxygen atoms in total. The molecule has 0 spiro atoms. The van der Waals surface area contributed by atoms with Crippen LogP contribution < -0.4 is 0 Å². The Labute approximate surface area is 111 Å². The number of thiophene rings is 1. The number of rotatable bonds is 4. The van der Waals surface area contributed by atoms with Gasteiger partial charge in [-0.05, 0) is 25.0 Å². The molecular formula is C12H15Cl2NS. The minimum absolute atomic E-state index is 0. The number of aryl methyl sites for hydroxylation is 1. The van der Waals surface area contributed by atoms with Gasteiger partial charge in [-0.1, -0.05) is 13.3 Å². The monoisotopic (exact) mass is 275 g/mol. The van der Waals surface area contributed by atoms with Gasteiger partial charge in [0.25, 0.3) is 0 Å². The molecule has 0 fully saturated rings. The Morgan fingerprint density at radius 1 is 1.44 bits per heavy atom. The maximum Gasteiger partial charge on any atom is 0.0653 e. The lowest BCUT2D eigenvalue weighted by Crippen LogP contribution is -1.83. The van der Waals surface area contributed by atoms with E-state index in [9.17, 15) is 0 Å². The maximum absolute atomic E-state index is 5.86. The Balaban J connectivity index is 0.00000128. The highest BCUT2D eigenvalue weighted by molar-refractivity contribution is 7.19. The molecule has 0 aliphatic heterocycles. The lowest BCUT2D eigenvalue weighted by molar-refractivity contribution is 0.804. The van der Waals surface area contributed by atoms with Gasteiger partial charge < -0.3 is 0 Å². The number of alkyl halides is 1. The molecule has 0 amide bonds. The average Bonchev–Trinajstić information content (AvgIpc) is 2.68. The summed E-state index contributed by atoms with van der Waals surface area (Å²) in [6.07, 6.45) is 5.53. The molecule has 0 saturated heterocycles. The molecule has 0 atom stereocenters. The summed E-state index contributed by atoms with van der Waals surface area (Å²) in [7, 11) is 0. The Bertz CT molecular complexity index is 453. The summed E-state index contributed by atoms with van der Waals surface area (Å²) in [6, 6.07) is 4.33. The lowest BCUT2D eigenvalue weighted by Gasteiger charge is -1.94. The molecule has 0 N–H and O–H groups in total. The Kier molecular flexibility index (Phi) is 5.53. The quantitative estimate of drug-likeness (QED) is 0.731. The van der Waals surface area contributed by atoms with E-state index < -0.39 is 0 Å². The Morgan fingerprint density at radius 2 is 2.25 bits per heavy atom. The van der Waals surface area contributed by atoms with Gasteiger partial charge in [0, 0.05) is 21.2 Å². The predicted octanol–water partition coefficient (Wildman–Crippen LogP) is 4.80. The van der Waals surface area contributed by atoms with Crippen LogP contribution in [0.1, 0.15) is 30.3 Å². The zero-order valence-electron chi connectivity index (χ0n) is 9.20. The molecular weight excluding hydrogens is 261 g/mol. The van der Waals surface area contributed by atoms with Gasteiger partial charge in [0.15, 0.2) is 0 Å². The van der Waals surface area contributed by atoms with Gasteiger partial charge >= 0.3 is 0 Å². The molecule has 4 heteroatoms. The summed E-state index contributed by atoms with van der Waals surface area (Å²) in [5.74, 6) is 0.501. The summed E-state index contributed by atoms with van der Waals surface area (Å²) in [5.41, 5.74) is 1.01. The van der Waals surface area contributed by atoms with E-state index in [0.29, 0.717) is 5.88 Å². The predicted molar refractivity (Wildman–Crippen MR) is 75.0 cm³/mol. The molecule has 0 aliphatic carbocycles. The smallest absolute Gasteiger partial charge is 0.0653 e. The van der Waals surface area contributed by atoms with Crippen LogP contribution in [0.3, 0.4) is 0 Å². The minimum Gasteiger partial charge on any atom is -0.259 e. The average molecular weight is 276 g/mol. The molecule has 88 valence electrons. The van der Waals surface area contributed by atoms with E-state index >= 15 is 0 Å². The molecule has 0 radical (unpaired) electrons. The van der Waals surface area contributed by atoms with E-state index in [2.05, 4.69) is 24.0 Å². The van der Waals surface area contributed by atoms with Crippen molar-refractivity contribution in [2.45, 2.75) is 32.1 Å². The van der Waals surface area contributed by atoms with Crippen LogP contribution in [0.2, 0.25) is 0 Å². The molecule has 0 saturated carbocycles. The van der Waals surface area contributed by atoms with Crippen molar-refractivity contribution in [3.63, 3.8) is 0 Å². The van der Waals surface area contributed by atoms with Crippen molar-refractivity contribution in [3.8, 4) is 0 Å². The highest BCUT2D eigenvalue weighted by Gasteiger charge is 2.05. The van der Waals surface area contributed by atoms with Gasteiger partial charge in [-0.25, -0.2) is 0 Å². The summed E-state index contributed by atoms with van der Waals surface area (Å²) >= 11 is 7.73. The second-order valence-corrected chi connectivity index (χ2v) is 5.05. The molecule has 16 heavy (non-hydrogen) atoms. The Morgan fingerprint density at radius 3 is 2.94 bits per heavy atom. The second-order valence-electron chi connectivity index (χ2n) is 3.62. The fraction of sp³-hybridized carbons (Fsp3) is 0.417. The summed E-state index contributed by atoms with van der Waals surface area (Å²) in [6.45, 7) is 2.22. The van der Waals surface area contributed by atoms with Gasteiger partial charge in [-0.2, -0.15) is 0 Å². The molecule has 0 unspecified atom stereocenters. The van der Waals surface area contributed by atoms with Crippen molar-refractivity contribution in [2.24, 2.45) is 0 Å². The van der Waals surface area contributed by atoms with Crippen LogP contribution >= 0.6 is 35.3 Å². The van der Waals surface area contributed by atoms with Crippen molar-refractivity contribution in [2.75, 3.05) is 0 Å². The van der Waals surface area contributed by atoms with Crippen molar-refractivity contribution < 1.29 is 0 Å². The van der Waals surface area contributed by atoms with Gasteiger partial charge in [-0.3, -0.25) is 4.98 Å². The number of nitrogens with zero attached hydrogens (tertiary/aromatic N) is 1. The van der Waals surface area contributed by atoms with Gasteiger partial charge in [0.05, 0.1) is 11.6 Å². The van der Waals surface area contributed by atoms with Crippen molar-refractivity contribution in [3.05, 3.63) is 28.9 Å². The number of fused-ring (bicyclic) bond motifs is 1. The SMILES string of the molecule is CCCCc1cc2c(CCl)nccc2s1.Cl. The van der Waals surface area contributed by atoms with E-state index in [1.165, 1.54) is 34.2 Å². The highest BCUT2D eigenvalue weighted by atomic mass is 35.5. The van der Waals surface area contributed by atoms with Gasteiger partial charge in [-0.15, -0.1) is 35.3 Å². The van der Waals surface area contributed by atoms with Crippen LogP contribution in [0.4, 0.5) is 0 Å². The number of hydrogen-bond acceptors (Lipinski definition) is 2. The number of hydrogen-bond donors (Lipinski definition) is 0. The first kappa shape index (κ1) is 13.8. The third kappa shape index (κ3) is 2.88. The molecule has 0 aromatic carbocycles. The van der Waals surface area contributed by atoms with E-state index in [4.69, 9.17) is 11.6 Å². The molecule has 2 rings (SSSR count). The van der Waals surface area contributed by atoms with Crippen molar-refractivity contribution >= 4 is 45.4 Å². The fourth-order valence-corrected chi connectivity index (χ4v) is 2.99. The zero-order chi connectivity index (χ0) is 10.7. The number of unbranched alkanes of at least 4 members (excludes halogenated alkanes) is 1. The van der Waals surface area contributed by atoms with Crippen LogP contribution in [0.5, 0.6) is 0 Å². The summed E-state index contributed by atoms with van der Waals surface area (Å²) in [4.78, 5) is 5.74. The highest BCUT2D eigenvalue weighted by Crippen LogP contribution is 2.28. The molecule has 0 bridgehead atoms. The molecule has 0 aliphatic rings. The van der Waals surface area contributed by atoms with E-state index in [-0.39, 0.29) is 12.4 Å². The second kappa shape index (κ2) is 6.43. The van der Waals surface area contributed by atoms with Crippen molar-refractivity contribution in [1.29, 1.82) is 0 Å². The third-order valence-corrected chi connectivity index (χ3v) is 3.90. The number of pyridine rings is 1. The first-order valence-electron chi connectivity index (χ1n) is 5.27. The first-order chi connectivity index (χ1) is 7.35. The number of halogens is 2. The fourth-order valence-electron chi connectivity index (χ4n) is 1.65. The van der Waals surface area contributed by atoms with Gasteiger partial charge in [0.2, 0.25) is 0 Å². The Hall–Kier alpha value is -0.310. The summed E-state index contributed by atoms with van der Waals surface area (Å²) < 4.78 is 1.31. The molecule has 2 aromatic rings. The topological polar surface area (TPSA) is 12.9 Å². The van der Waals surface area contributed by atoms with E-state index in [1.807, 2.05) is 17.5 Å². The minimum atomic E-state index is 0. The van der Waals surface area contributed by atoms with Gasteiger partial charge in [0.1, 0.15) is 0 Å². The molecule has 2 heterocycles. The standard InChI is InChI=1S/C12H14ClNS.ClH/c1-2-3-4-9-7-10-11(8-13)14-6-5-12(10)15-9;/h5-7H,2-4,8H2,1H3;1H. The zero-order valence-corrected chi connectivity index (χ0v) is 11.6. The summed E-state index contributed by atoms with van der Waals surface area (Å²) in [5, 5.41) is 1.24. The van der Waals surface area contributed by atoms with Crippen LogP contribution in [0.25, 0.3) is 10.1 Å².